The molecule has 0 amide bonds. The molecule has 0 spiro atoms. The van der Waals surface area contributed by atoms with Crippen molar-refractivity contribution in [2.45, 2.75) is 12.6 Å². The summed E-state index contributed by atoms with van der Waals surface area (Å²) in [5.74, 6) is 1.75. The van der Waals surface area contributed by atoms with Crippen LogP contribution in [-0.4, -0.2) is 13.7 Å². The molecule has 3 rings (SSSR count). The van der Waals surface area contributed by atoms with Gasteiger partial charge in [0.15, 0.2) is 0 Å². The second-order valence-corrected chi connectivity index (χ2v) is 5.69. The van der Waals surface area contributed by atoms with Crippen LogP contribution in [0.3, 0.4) is 0 Å². The second-order valence-electron chi connectivity index (χ2n) is 4.77. The van der Waals surface area contributed by atoms with Crippen molar-refractivity contribution >= 4 is 15.9 Å². The van der Waals surface area contributed by atoms with Crippen LogP contribution in [0, 0.1) is 0 Å². The summed E-state index contributed by atoms with van der Waals surface area (Å²) in [5, 5.41) is 3.23. The van der Waals surface area contributed by atoms with Crippen molar-refractivity contribution in [2.24, 2.45) is 0 Å². The fourth-order valence-corrected chi connectivity index (χ4v) is 2.76. The monoisotopic (exact) mass is 333 g/mol. The zero-order chi connectivity index (χ0) is 13.9. The Kier molecular flexibility index (Phi) is 3.94. The lowest BCUT2D eigenvalue weighted by Crippen LogP contribution is -2.17. The molecule has 0 bridgehead atoms. The van der Waals surface area contributed by atoms with Gasteiger partial charge >= 0.3 is 0 Å². The Morgan fingerprint density at radius 1 is 1.30 bits per heavy atom. The van der Waals surface area contributed by atoms with E-state index in [0.717, 1.165) is 21.5 Å². The smallest absolute Gasteiger partial charge is 0.127 e. The van der Waals surface area contributed by atoms with Crippen molar-refractivity contribution in [3.63, 3.8) is 0 Å². The molecule has 0 aromatic heterocycles. The van der Waals surface area contributed by atoms with E-state index in [2.05, 4.69) is 33.4 Å². The Morgan fingerprint density at radius 2 is 2.20 bits per heavy atom. The molecule has 1 N–H and O–H groups in total. The fourth-order valence-electron chi connectivity index (χ4n) is 2.31. The van der Waals surface area contributed by atoms with Gasteiger partial charge in [0, 0.05) is 16.1 Å². The Morgan fingerprint density at radius 3 is 3.00 bits per heavy atom. The first-order valence-electron chi connectivity index (χ1n) is 6.57. The minimum Gasteiger partial charge on any atom is -0.491 e. The van der Waals surface area contributed by atoms with Crippen LogP contribution in [0.25, 0.3) is 0 Å². The number of ether oxygens (including phenoxy) is 2. The quantitative estimate of drug-likeness (QED) is 0.925. The molecule has 2 aromatic rings. The van der Waals surface area contributed by atoms with Crippen LogP contribution in [0.5, 0.6) is 11.5 Å². The van der Waals surface area contributed by atoms with Crippen LogP contribution < -0.4 is 14.8 Å². The first-order chi connectivity index (χ1) is 9.76. The highest BCUT2D eigenvalue weighted by Gasteiger charge is 2.22. The summed E-state index contributed by atoms with van der Waals surface area (Å²) in [5.41, 5.74) is 2.33. The van der Waals surface area contributed by atoms with Gasteiger partial charge in [-0.25, -0.2) is 0 Å². The van der Waals surface area contributed by atoms with Crippen LogP contribution in [0.4, 0.5) is 0 Å². The summed E-state index contributed by atoms with van der Waals surface area (Å²) in [4.78, 5) is 0. The Labute approximate surface area is 127 Å². The van der Waals surface area contributed by atoms with Gasteiger partial charge in [0.1, 0.15) is 24.7 Å². The summed E-state index contributed by atoms with van der Waals surface area (Å²) in [6.45, 7) is 1.23. The molecule has 2 aromatic carbocycles. The van der Waals surface area contributed by atoms with Gasteiger partial charge in [-0.1, -0.05) is 28.1 Å². The van der Waals surface area contributed by atoms with Crippen LogP contribution in [0.15, 0.2) is 46.9 Å². The molecule has 1 unspecified atom stereocenters. The van der Waals surface area contributed by atoms with Gasteiger partial charge in [0.05, 0.1) is 6.04 Å². The molecule has 1 heterocycles. The summed E-state index contributed by atoms with van der Waals surface area (Å²) >= 11 is 3.46. The van der Waals surface area contributed by atoms with E-state index in [9.17, 15) is 0 Å². The first-order valence-corrected chi connectivity index (χ1v) is 7.37. The van der Waals surface area contributed by atoms with Crippen LogP contribution >= 0.6 is 15.9 Å². The average Bonchev–Trinajstić information content (AvgIpc) is 2.87. The van der Waals surface area contributed by atoms with Gasteiger partial charge in [-0.05, 0) is 36.9 Å². The lowest BCUT2D eigenvalue weighted by Gasteiger charge is -2.09. The molecule has 0 radical (unpaired) electrons. The van der Waals surface area contributed by atoms with Gasteiger partial charge in [-0.2, -0.15) is 0 Å². The molecule has 1 atom stereocenters. The minimum atomic E-state index is 0.282. The summed E-state index contributed by atoms with van der Waals surface area (Å²) in [6.07, 6.45) is 0. The number of hydrogen-bond donors (Lipinski definition) is 1. The number of halogens is 1. The van der Waals surface area contributed by atoms with E-state index < -0.39 is 0 Å². The van der Waals surface area contributed by atoms with E-state index in [1.807, 2.05) is 37.4 Å². The summed E-state index contributed by atoms with van der Waals surface area (Å²) in [6, 6.07) is 14.4. The molecular formula is C16H16BrNO2. The van der Waals surface area contributed by atoms with Crippen molar-refractivity contribution in [3.8, 4) is 11.5 Å². The predicted molar refractivity (Wildman–Crippen MR) is 82.2 cm³/mol. The van der Waals surface area contributed by atoms with Crippen molar-refractivity contribution in [2.75, 3.05) is 13.7 Å². The molecule has 1 aliphatic rings. The molecule has 1 aliphatic heterocycles. The number of nitrogens with one attached hydrogen (secondary N) is 1. The van der Waals surface area contributed by atoms with E-state index in [1.165, 1.54) is 5.56 Å². The summed E-state index contributed by atoms with van der Waals surface area (Å²) in [7, 11) is 1.95. The van der Waals surface area contributed by atoms with Crippen LogP contribution in [-0.2, 0) is 6.61 Å². The number of benzene rings is 2. The standard InChI is InChI=1S/C16H16BrNO2/c1-18-15-10-20-16-8-13(5-6-14(15)16)19-9-11-3-2-4-12(17)7-11/h2-8,15,18H,9-10H2,1H3. The first kappa shape index (κ1) is 13.5. The molecule has 0 saturated carbocycles. The Balaban J connectivity index is 1.70. The zero-order valence-electron chi connectivity index (χ0n) is 11.2. The number of fused-ring (bicyclic) bond motifs is 1. The summed E-state index contributed by atoms with van der Waals surface area (Å²) < 4.78 is 12.5. The third-order valence-corrected chi connectivity index (χ3v) is 3.90. The topological polar surface area (TPSA) is 30.5 Å². The van der Waals surface area contributed by atoms with E-state index in [-0.39, 0.29) is 6.04 Å². The SMILES string of the molecule is CNC1COc2cc(OCc3cccc(Br)c3)ccc21. The molecule has 0 saturated heterocycles. The van der Waals surface area contributed by atoms with E-state index in [1.54, 1.807) is 0 Å². The van der Waals surface area contributed by atoms with Crippen molar-refractivity contribution < 1.29 is 9.47 Å². The Bertz CT molecular complexity index is 615. The van der Waals surface area contributed by atoms with Crippen LogP contribution in [0.1, 0.15) is 17.2 Å². The van der Waals surface area contributed by atoms with E-state index in [0.29, 0.717) is 13.2 Å². The van der Waals surface area contributed by atoms with Crippen molar-refractivity contribution in [1.82, 2.24) is 5.32 Å². The van der Waals surface area contributed by atoms with Crippen molar-refractivity contribution in [1.29, 1.82) is 0 Å². The maximum Gasteiger partial charge on any atom is 0.127 e. The molecule has 4 heteroatoms. The maximum atomic E-state index is 5.82. The predicted octanol–water partition coefficient (Wildman–Crippen LogP) is 3.68. The lowest BCUT2D eigenvalue weighted by atomic mass is 10.1. The highest BCUT2D eigenvalue weighted by atomic mass is 79.9. The fraction of sp³-hybridized carbons (Fsp3) is 0.250. The van der Waals surface area contributed by atoms with Gasteiger partial charge in [-0.15, -0.1) is 0 Å². The third-order valence-electron chi connectivity index (χ3n) is 3.41. The molecule has 0 fully saturated rings. The van der Waals surface area contributed by atoms with Crippen LogP contribution in [0.2, 0.25) is 0 Å². The van der Waals surface area contributed by atoms with E-state index in [4.69, 9.17) is 9.47 Å². The molecule has 0 aliphatic carbocycles. The normalized spacial score (nSPS) is 16.6. The highest BCUT2D eigenvalue weighted by Crippen LogP contribution is 2.35. The lowest BCUT2D eigenvalue weighted by molar-refractivity contribution is 0.298. The minimum absolute atomic E-state index is 0.282. The third kappa shape index (κ3) is 2.81. The van der Waals surface area contributed by atoms with Gasteiger partial charge in [0.25, 0.3) is 0 Å². The highest BCUT2D eigenvalue weighted by molar-refractivity contribution is 9.10. The maximum absolute atomic E-state index is 5.82. The zero-order valence-corrected chi connectivity index (χ0v) is 12.8. The van der Waals surface area contributed by atoms with Crippen molar-refractivity contribution in [3.05, 3.63) is 58.1 Å². The van der Waals surface area contributed by atoms with Gasteiger partial charge in [0.2, 0.25) is 0 Å². The number of hydrogen-bond acceptors (Lipinski definition) is 3. The molecular weight excluding hydrogens is 318 g/mol. The van der Waals surface area contributed by atoms with E-state index >= 15 is 0 Å². The number of rotatable bonds is 4. The molecule has 3 nitrogen and oxygen atoms in total. The average molecular weight is 334 g/mol. The molecule has 20 heavy (non-hydrogen) atoms. The Hall–Kier alpha value is -1.52. The largest absolute Gasteiger partial charge is 0.491 e. The van der Waals surface area contributed by atoms with Gasteiger partial charge < -0.3 is 14.8 Å². The van der Waals surface area contributed by atoms with Gasteiger partial charge in [-0.3, -0.25) is 0 Å². The molecule has 104 valence electrons. The number of likely N-dealkylation sites (N-methyl/N-ethyl adjacent to an activating group) is 1. The second kappa shape index (κ2) is 5.85.